The van der Waals surface area contributed by atoms with Crippen molar-refractivity contribution in [1.29, 1.82) is 5.26 Å². The van der Waals surface area contributed by atoms with Gasteiger partial charge >= 0.3 is 0 Å². The number of hydrogen-bond donors (Lipinski definition) is 1. The fraction of sp³-hybridized carbons (Fsp3) is 0.222. The Morgan fingerprint density at radius 3 is 2.54 bits per heavy atom. The molecule has 1 aliphatic heterocycles. The average Bonchev–Trinajstić information content (AvgIpc) is 3.16. The molecule has 0 radical (unpaired) electrons. The summed E-state index contributed by atoms with van der Waals surface area (Å²) in [6.45, 7) is 1.47. The standard InChI is InChI=1S/C18H16N4O2/c19-12-13-5-3-6-14(11-13)20-17(23)15-7-4-8-16(21-15)18(24)22-9-1-2-10-22/h3-8,11H,1-2,9-10H2,(H,20,23). The van der Waals surface area contributed by atoms with E-state index in [1.54, 1.807) is 47.4 Å². The molecule has 0 bridgehead atoms. The molecule has 2 amide bonds. The molecule has 6 nitrogen and oxygen atoms in total. The van der Waals surface area contributed by atoms with Crippen LogP contribution in [0.4, 0.5) is 5.69 Å². The van der Waals surface area contributed by atoms with Crippen molar-refractivity contribution in [2.75, 3.05) is 18.4 Å². The minimum Gasteiger partial charge on any atom is -0.337 e. The summed E-state index contributed by atoms with van der Waals surface area (Å²) in [5.41, 5.74) is 1.41. The molecule has 0 saturated carbocycles. The lowest BCUT2D eigenvalue weighted by Gasteiger charge is -2.14. The van der Waals surface area contributed by atoms with E-state index < -0.39 is 5.91 Å². The molecule has 2 heterocycles. The monoisotopic (exact) mass is 320 g/mol. The summed E-state index contributed by atoms with van der Waals surface area (Å²) in [5, 5.41) is 11.6. The van der Waals surface area contributed by atoms with Crippen LogP contribution >= 0.6 is 0 Å². The normalized spacial score (nSPS) is 13.4. The largest absolute Gasteiger partial charge is 0.337 e. The second-order valence-electron chi connectivity index (χ2n) is 5.55. The Labute approximate surface area is 139 Å². The Morgan fingerprint density at radius 2 is 1.79 bits per heavy atom. The fourth-order valence-corrected chi connectivity index (χ4v) is 2.62. The minimum absolute atomic E-state index is 0.145. The van der Waals surface area contributed by atoms with Gasteiger partial charge in [0.15, 0.2) is 0 Å². The zero-order valence-electron chi connectivity index (χ0n) is 13.0. The van der Waals surface area contributed by atoms with Crippen LogP contribution in [-0.4, -0.2) is 34.8 Å². The molecule has 24 heavy (non-hydrogen) atoms. The summed E-state index contributed by atoms with van der Waals surface area (Å²) in [6, 6.07) is 13.5. The first kappa shape index (κ1) is 15.7. The maximum atomic E-state index is 12.4. The van der Waals surface area contributed by atoms with Crippen molar-refractivity contribution in [3.63, 3.8) is 0 Å². The topological polar surface area (TPSA) is 86.1 Å². The number of rotatable bonds is 3. The number of aromatic nitrogens is 1. The van der Waals surface area contributed by atoms with Crippen LogP contribution in [0.1, 0.15) is 39.4 Å². The lowest BCUT2D eigenvalue weighted by molar-refractivity contribution is 0.0787. The Bertz CT molecular complexity index is 820. The molecule has 1 saturated heterocycles. The van der Waals surface area contributed by atoms with Gasteiger partial charge in [-0.05, 0) is 43.2 Å². The number of pyridine rings is 1. The van der Waals surface area contributed by atoms with Gasteiger partial charge in [-0.25, -0.2) is 4.98 Å². The van der Waals surface area contributed by atoms with Gasteiger partial charge in [0, 0.05) is 18.8 Å². The number of amides is 2. The van der Waals surface area contributed by atoms with Gasteiger partial charge in [-0.15, -0.1) is 0 Å². The van der Waals surface area contributed by atoms with Crippen LogP contribution in [0.5, 0.6) is 0 Å². The summed E-state index contributed by atoms with van der Waals surface area (Å²) in [4.78, 5) is 30.6. The second-order valence-corrected chi connectivity index (χ2v) is 5.55. The maximum absolute atomic E-state index is 12.4. The van der Waals surface area contributed by atoms with Crippen molar-refractivity contribution in [2.24, 2.45) is 0 Å². The predicted molar refractivity (Wildman–Crippen MR) is 88.5 cm³/mol. The summed E-state index contributed by atoms with van der Waals surface area (Å²) >= 11 is 0. The van der Waals surface area contributed by atoms with Crippen LogP contribution in [0, 0.1) is 11.3 Å². The summed E-state index contributed by atoms with van der Waals surface area (Å²) in [6.07, 6.45) is 2.00. The van der Waals surface area contributed by atoms with Gasteiger partial charge in [0.05, 0.1) is 11.6 Å². The molecule has 1 N–H and O–H groups in total. The molecule has 1 aromatic heterocycles. The van der Waals surface area contributed by atoms with Gasteiger partial charge in [-0.1, -0.05) is 12.1 Å². The van der Waals surface area contributed by atoms with Gasteiger partial charge in [0.2, 0.25) is 0 Å². The molecule has 0 unspecified atom stereocenters. The first-order valence-corrected chi connectivity index (χ1v) is 7.75. The van der Waals surface area contributed by atoms with Crippen LogP contribution in [0.3, 0.4) is 0 Å². The smallest absolute Gasteiger partial charge is 0.274 e. The number of carbonyl (C=O) groups is 2. The van der Waals surface area contributed by atoms with Gasteiger partial charge in [0.25, 0.3) is 11.8 Å². The quantitative estimate of drug-likeness (QED) is 0.941. The van der Waals surface area contributed by atoms with E-state index in [0.29, 0.717) is 11.3 Å². The van der Waals surface area contributed by atoms with Crippen LogP contribution < -0.4 is 5.32 Å². The van der Waals surface area contributed by atoms with Gasteiger partial charge < -0.3 is 10.2 Å². The first-order chi connectivity index (χ1) is 11.7. The Morgan fingerprint density at radius 1 is 1.08 bits per heavy atom. The average molecular weight is 320 g/mol. The van der Waals surface area contributed by atoms with Crippen molar-refractivity contribution in [3.05, 3.63) is 59.4 Å². The number of hydrogen-bond acceptors (Lipinski definition) is 4. The number of carbonyl (C=O) groups excluding carboxylic acids is 2. The number of benzene rings is 1. The molecule has 120 valence electrons. The highest BCUT2D eigenvalue weighted by atomic mass is 16.2. The van der Waals surface area contributed by atoms with E-state index in [0.717, 1.165) is 25.9 Å². The Hall–Kier alpha value is -3.20. The third-order valence-corrected chi connectivity index (χ3v) is 3.84. The number of anilines is 1. The molecule has 1 fully saturated rings. The Balaban J connectivity index is 1.76. The number of nitrogens with zero attached hydrogens (tertiary/aromatic N) is 3. The van der Waals surface area contributed by atoms with E-state index in [4.69, 9.17) is 5.26 Å². The third-order valence-electron chi connectivity index (χ3n) is 3.84. The van der Waals surface area contributed by atoms with Crippen molar-refractivity contribution in [1.82, 2.24) is 9.88 Å². The second kappa shape index (κ2) is 6.92. The van der Waals surface area contributed by atoms with E-state index in [-0.39, 0.29) is 17.3 Å². The van der Waals surface area contributed by atoms with E-state index in [2.05, 4.69) is 10.3 Å². The van der Waals surface area contributed by atoms with Crippen LogP contribution in [0.15, 0.2) is 42.5 Å². The third kappa shape index (κ3) is 3.41. The summed E-state index contributed by atoms with van der Waals surface area (Å²) in [7, 11) is 0. The lowest BCUT2D eigenvalue weighted by atomic mass is 10.2. The highest BCUT2D eigenvalue weighted by Crippen LogP contribution is 2.14. The molecule has 6 heteroatoms. The molecule has 0 aliphatic carbocycles. The predicted octanol–water partition coefficient (Wildman–Crippen LogP) is 2.44. The highest BCUT2D eigenvalue weighted by Gasteiger charge is 2.21. The van der Waals surface area contributed by atoms with E-state index in [1.165, 1.54) is 0 Å². The molecule has 1 aromatic carbocycles. The first-order valence-electron chi connectivity index (χ1n) is 7.75. The van der Waals surface area contributed by atoms with Gasteiger partial charge in [-0.3, -0.25) is 9.59 Å². The minimum atomic E-state index is -0.416. The zero-order chi connectivity index (χ0) is 16.9. The van der Waals surface area contributed by atoms with E-state index >= 15 is 0 Å². The van der Waals surface area contributed by atoms with E-state index in [9.17, 15) is 9.59 Å². The molecule has 1 aliphatic rings. The Kier molecular flexibility index (Phi) is 4.52. The van der Waals surface area contributed by atoms with Crippen LogP contribution in [0.2, 0.25) is 0 Å². The van der Waals surface area contributed by atoms with Crippen molar-refractivity contribution in [3.8, 4) is 6.07 Å². The van der Waals surface area contributed by atoms with E-state index in [1.807, 2.05) is 6.07 Å². The molecular weight excluding hydrogens is 304 g/mol. The van der Waals surface area contributed by atoms with Crippen molar-refractivity contribution >= 4 is 17.5 Å². The van der Waals surface area contributed by atoms with Gasteiger partial charge in [0.1, 0.15) is 11.4 Å². The summed E-state index contributed by atoms with van der Waals surface area (Å²) in [5.74, 6) is -0.560. The fourth-order valence-electron chi connectivity index (χ4n) is 2.62. The molecule has 0 atom stereocenters. The van der Waals surface area contributed by atoms with Crippen molar-refractivity contribution in [2.45, 2.75) is 12.8 Å². The molecule has 3 rings (SSSR count). The zero-order valence-corrected chi connectivity index (χ0v) is 13.0. The van der Waals surface area contributed by atoms with Crippen molar-refractivity contribution < 1.29 is 9.59 Å². The molecular formula is C18H16N4O2. The van der Waals surface area contributed by atoms with Crippen LogP contribution in [-0.2, 0) is 0 Å². The molecule has 2 aromatic rings. The highest BCUT2D eigenvalue weighted by molar-refractivity contribution is 6.03. The lowest BCUT2D eigenvalue weighted by Crippen LogP contribution is -2.29. The van der Waals surface area contributed by atoms with Gasteiger partial charge in [-0.2, -0.15) is 5.26 Å². The summed E-state index contributed by atoms with van der Waals surface area (Å²) < 4.78 is 0. The van der Waals surface area contributed by atoms with Crippen LogP contribution in [0.25, 0.3) is 0 Å². The number of nitrogens with one attached hydrogen (secondary N) is 1. The maximum Gasteiger partial charge on any atom is 0.274 e. The number of nitriles is 1. The number of likely N-dealkylation sites (tertiary alicyclic amines) is 1. The SMILES string of the molecule is N#Cc1cccc(NC(=O)c2cccc(C(=O)N3CCCC3)n2)c1. The molecule has 0 spiro atoms.